The van der Waals surface area contributed by atoms with Crippen molar-refractivity contribution in [2.24, 2.45) is 0 Å². The van der Waals surface area contributed by atoms with Crippen LogP contribution in [0.1, 0.15) is 28.8 Å². The SMILES string of the molecule is COC(=O)c1ccc(S(=O)(=O)NCC2CCCN2)cc1C(F)(F)F.Cl. The highest BCUT2D eigenvalue weighted by molar-refractivity contribution is 7.89. The molecule has 0 aromatic heterocycles. The molecule has 11 heteroatoms. The first-order valence-corrected chi connectivity index (χ1v) is 8.66. The summed E-state index contributed by atoms with van der Waals surface area (Å²) in [7, 11) is -3.17. The van der Waals surface area contributed by atoms with Crippen molar-refractivity contribution in [2.45, 2.75) is 30.0 Å². The number of halogens is 4. The highest BCUT2D eigenvalue weighted by Crippen LogP contribution is 2.34. The normalized spacial score (nSPS) is 17.8. The van der Waals surface area contributed by atoms with E-state index in [4.69, 9.17) is 0 Å². The van der Waals surface area contributed by atoms with Gasteiger partial charge >= 0.3 is 12.1 Å². The van der Waals surface area contributed by atoms with Crippen LogP contribution < -0.4 is 10.0 Å². The molecule has 0 spiro atoms. The molecule has 1 aliphatic rings. The minimum atomic E-state index is -4.89. The van der Waals surface area contributed by atoms with E-state index < -0.39 is 38.2 Å². The number of rotatable bonds is 5. The molecular weight excluding hydrogens is 385 g/mol. The van der Waals surface area contributed by atoms with Gasteiger partial charge in [0.1, 0.15) is 0 Å². The van der Waals surface area contributed by atoms with Gasteiger partial charge in [0.25, 0.3) is 0 Å². The van der Waals surface area contributed by atoms with E-state index in [0.717, 1.165) is 38.6 Å². The van der Waals surface area contributed by atoms with Gasteiger partial charge in [0.15, 0.2) is 0 Å². The number of hydrogen-bond donors (Lipinski definition) is 2. The largest absolute Gasteiger partial charge is 0.465 e. The van der Waals surface area contributed by atoms with E-state index in [1.54, 1.807) is 0 Å². The van der Waals surface area contributed by atoms with Gasteiger partial charge in [0.2, 0.25) is 10.0 Å². The van der Waals surface area contributed by atoms with E-state index in [-0.39, 0.29) is 25.0 Å². The average Bonchev–Trinajstić information content (AvgIpc) is 3.04. The number of nitrogens with one attached hydrogen (secondary N) is 2. The van der Waals surface area contributed by atoms with Crippen molar-refractivity contribution in [3.8, 4) is 0 Å². The Balaban J connectivity index is 0.00000312. The van der Waals surface area contributed by atoms with Gasteiger partial charge in [-0.25, -0.2) is 17.9 Å². The molecule has 1 aliphatic heterocycles. The minimum Gasteiger partial charge on any atom is -0.465 e. The van der Waals surface area contributed by atoms with Crippen LogP contribution in [0, 0.1) is 0 Å². The Kier molecular flexibility index (Phi) is 7.24. The van der Waals surface area contributed by atoms with Crippen LogP contribution in [0.15, 0.2) is 23.1 Å². The van der Waals surface area contributed by atoms with Gasteiger partial charge in [-0.3, -0.25) is 0 Å². The van der Waals surface area contributed by atoms with Gasteiger partial charge in [-0.05, 0) is 37.6 Å². The molecule has 1 unspecified atom stereocenters. The Hall–Kier alpha value is -1.36. The lowest BCUT2D eigenvalue weighted by Crippen LogP contribution is -2.37. The second-order valence-corrected chi connectivity index (χ2v) is 7.11. The Morgan fingerprint density at radius 3 is 2.60 bits per heavy atom. The first-order valence-electron chi connectivity index (χ1n) is 7.18. The molecule has 0 radical (unpaired) electrons. The number of carbonyl (C=O) groups excluding carboxylic acids is 1. The number of benzene rings is 1. The molecule has 1 saturated heterocycles. The quantitative estimate of drug-likeness (QED) is 0.735. The summed E-state index contributed by atoms with van der Waals surface area (Å²) in [4.78, 5) is 10.9. The molecule has 1 aromatic carbocycles. The maximum Gasteiger partial charge on any atom is 0.417 e. The monoisotopic (exact) mass is 402 g/mol. The molecule has 1 fully saturated rings. The van der Waals surface area contributed by atoms with E-state index >= 15 is 0 Å². The second-order valence-electron chi connectivity index (χ2n) is 5.34. The van der Waals surface area contributed by atoms with Gasteiger partial charge < -0.3 is 10.1 Å². The number of hydrogen-bond acceptors (Lipinski definition) is 5. The third kappa shape index (κ3) is 5.30. The number of carbonyl (C=O) groups is 1. The van der Waals surface area contributed by atoms with Crippen molar-refractivity contribution in [3.63, 3.8) is 0 Å². The van der Waals surface area contributed by atoms with Gasteiger partial charge in [-0.2, -0.15) is 13.2 Å². The number of methoxy groups -OCH3 is 1. The summed E-state index contributed by atoms with van der Waals surface area (Å²) in [5, 5.41) is 3.08. The zero-order valence-corrected chi connectivity index (χ0v) is 14.9. The lowest BCUT2D eigenvalue weighted by molar-refractivity contribution is -0.138. The van der Waals surface area contributed by atoms with E-state index in [1.165, 1.54) is 0 Å². The Labute approximate surface area is 149 Å². The summed E-state index contributed by atoms with van der Waals surface area (Å²) in [5.41, 5.74) is -2.09. The van der Waals surface area contributed by atoms with Crippen LogP contribution >= 0.6 is 12.4 Å². The van der Waals surface area contributed by atoms with Crippen LogP contribution in [-0.4, -0.2) is 40.6 Å². The molecular formula is C14H18ClF3N2O4S. The third-order valence-electron chi connectivity index (χ3n) is 3.69. The fourth-order valence-electron chi connectivity index (χ4n) is 2.44. The first-order chi connectivity index (χ1) is 11.1. The number of ether oxygens (including phenoxy) is 1. The lowest BCUT2D eigenvalue weighted by atomic mass is 10.1. The van der Waals surface area contributed by atoms with E-state index in [2.05, 4.69) is 14.8 Å². The van der Waals surface area contributed by atoms with Crippen LogP contribution in [0.5, 0.6) is 0 Å². The fraction of sp³-hybridized carbons (Fsp3) is 0.500. The maximum absolute atomic E-state index is 13.1. The topological polar surface area (TPSA) is 84.5 Å². The number of esters is 1. The molecule has 0 aliphatic carbocycles. The smallest absolute Gasteiger partial charge is 0.417 e. The molecule has 2 rings (SSSR count). The molecule has 1 heterocycles. The second kappa shape index (κ2) is 8.35. The zero-order chi connectivity index (χ0) is 18.0. The van der Waals surface area contributed by atoms with Crippen LogP contribution in [0.2, 0.25) is 0 Å². The van der Waals surface area contributed by atoms with E-state index in [1.807, 2.05) is 0 Å². The predicted molar refractivity (Wildman–Crippen MR) is 86.2 cm³/mol. The summed E-state index contributed by atoms with van der Waals surface area (Å²) in [5.74, 6) is -1.19. The minimum absolute atomic E-state index is 0. The molecule has 0 saturated carbocycles. The molecule has 2 N–H and O–H groups in total. The highest BCUT2D eigenvalue weighted by Gasteiger charge is 2.37. The summed E-state index contributed by atoms with van der Waals surface area (Å²) in [6, 6.07) is 2.15. The van der Waals surface area contributed by atoms with Crippen LogP contribution in [0.25, 0.3) is 0 Å². The molecule has 0 amide bonds. The highest BCUT2D eigenvalue weighted by atomic mass is 35.5. The average molecular weight is 403 g/mol. The summed E-state index contributed by atoms with van der Waals surface area (Å²) in [6.45, 7) is 0.862. The van der Waals surface area contributed by atoms with Crippen molar-refractivity contribution in [1.82, 2.24) is 10.0 Å². The molecule has 0 bridgehead atoms. The van der Waals surface area contributed by atoms with Crippen molar-refractivity contribution >= 4 is 28.4 Å². The van der Waals surface area contributed by atoms with E-state index in [0.29, 0.717) is 6.07 Å². The standard InChI is InChI=1S/C14H17F3N2O4S.ClH/c1-23-13(20)11-5-4-10(7-12(11)14(15,16)17)24(21,22)19-8-9-3-2-6-18-9;/h4-5,7,9,18-19H,2-3,6,8H2,1H3;1H. The van der Waals surface area contributed by atoms with Crippen LogP contribution in [0.4, 0.5) is 13.2 Å². The Morgan fingerprint density at radius 2 is 2.08 bits per heavy atom. The number of sulfonamides is 1. The van der Waals surface area contributed by atoms with Crippen LogP contribution in [-0.2, 0) is 20.9 Å². The van der Waals surface area contributed by atoms with Gasteiger partial charge in [-0.15, -0.1) is 12.4 Å². The molecule has 25 heavy (non-hydrogen) atoms. The van der Waals surface area contributed by atoms with Crippen LogP contribution in [0.3, 0.4) is 0 Å². The first kappa shape index (κ1) is 21.7. The Morgan fingerprint density at radius 1 is 1.40 bits per heavy atom. The van der Waals surface area contributed by atoms with Crippen molar-refractivity contribution in [1.29, 1.82) is 0 Å². The van der Waals surface area contributed by atoms with Gasteiger partial charge in [-0.1, -0.05) is 0 Å². The maximum atomic E-state index is 13.1. The van der Waals surface area contributed by atoms with Gasteiger partial charge in [0, 0.05) is 12.6 Å². The Bertz CT molecular complexity index is 719. The van der Waals surface area contributed by atoms with E-state index in [9.17, 15) is 26.4 Å². The molecule has 1 aromatic rings. The lowest BCUT2D eigenvalue weighted by Gasteiger charge is -2.15. The van der Waals surface area contributed by atoms with Crippen molar-refractivity contribution < 1.29 is 31.1 Å². The molecule has 6 nitrogen and oxygen atoms in total. The van der Waals surface area contributed by atoms with Gasteiger partial charge in [0.05, 0.1) is 23.1 Å². The summed E-state index contributed by atoms with van der Waals surface area (Å²) < 4.78 is 70.3. The molecule has 1 atom stereocenters. The summed E-state index contributed by atoms with van der Waals surface area (Å²) in [6.07, 6.45) is -3.18. The fourth-order valence-corrected chi connectivity index (χ4v) is 3.55. The number of alkyl halides is 3. The predicted octanol–water partition coefficient (Wildman–Crippen LogP) is 1.94. The zero-order valence-electron chi connectivity index (χ0n) is 13.2. The van der Waals surface area contributed by atoms with Crippen molar-refractivity contribution in [2.75, 3.05) is 20.2 Å². The molecule has 142 valence electrons. The summed E-state index contributed by atoms with van der Waals surface area (Å²) >= 11 is 0. The third-order valence-corrected chi connectivity index (χ3v) is 5.12. The van der Waals surface area contributed by atoms with Crippen molar-refractivity contribution in [3.05, 3.63) is 29.3 Å².